The van der Waals surface area contributed by atoms with Crippen molar-refractivity contribution in [1.29, 1.82) is 0 Å². The number of hydrogen-bond acceptors (Lipinski definition) is 4. The van der Waals surface area contributed by atoms with Crippen LogP contribution in [0.5, 0.6) is 0 Å². The zero-order valence-corrected chi connectivity index (χ0v) is 11.2. The summed E-state index contributed by atoms with van der Waals surface area (Å²) in [6.45, 7) is 2.04. The Balaban J connectivity index is 1.91. The Labute approximate surface area is 113 Å². The van der Waals surface area contributed by atoms with E-state index in [1.165, 1.54) is 0 Å². The van der Waals surface area contributed by atoms with E-state index in [4.69, 9.17) is 9.84 Å². The molecule has 1 aromatic rings. The molecule has 1 aliphatic rings. The Morgan fingerprint density at radius 1 is 1.58 bits per heavy atom. The van der Waals surface area contributed by atoms with Gasteiger partial charge in [0.25, 0.3) is 0 Å². The second-order valence-electron chi connectivity index (χ2n) is 4.92. The van der Waals surface area contributed by atoms with Crippen molar-refractivity contribution < 1.29 is 14.6 Å². The number of likely N-dealkylation sites (tertiary alicyclic amines) is 1. The molecule has 0 spiro atoms. The third-order valence-corrected chi connectivity index (χ3v) is 3.42. The summed E-state index contributed by atoms with van der Waals surface area (Å²) in [6.07, 6.45) is 3.07. The minimum Gasteiger partial charge on any atom is -0.392 e. The molecule has 0 aromatic carbocycles. The van der Waals surface area contributed by atoms with Crippen molar-refractivity contribution in [2.45, 2.75) is 19.4 Å². The lowest BCUT2D eigenvalue weighted by molar-refractivity contribution is -0.128. The zero-order chi connectivity index (χ0) is 13.7. The molecule has 1 aromatic heterocycles. The maximum Gasteiger partial charge on any atom is 0.223 e. The third-order valence-electron chi connectivity index (χ3n) is 3.42. The first-order valence-electron chi connectivity index (χ1n) is 6.54. The Kier molecular flexibility index (Phi) is 4.87. The van der Waals surface area contributed by atoms with Gasteiger partial charge in [-0.15, -0.1) is 0 Å². The van der Waals surface area contributed by atoms with Gasteiger partial charge in [-0.2, -0.15) is 0 Å². The molecular formula is C14H20N2O3. The van der Waals surface area contributed by atoms with Gasteiger partial charge < -0.3 is 14.7 Å². The lowest BCUT2D eigenvalue weighted by Crippen LogP contribution is -2.28. The molecule has 1 N–H and O–H groups in total. The first kappa shape index (κ1) is 14.0. The Hall–Kier alpha value is -1.46. The molecule has 0 unspecified atom stereocenters. The van der Waals surface area contributed by atoms with E-state index in [9.17, 15) is 4.79 Å². The number of amides is 1. The van der Waals surface area contributed by atoms with Gasteiger partial charge in [-0.3, -0.25) is 9.78 Å². The summed E-state index contributed by atoms with van der Waals surface area (Å²) >= 11 is 0. The van der Waals surface area contributed by atoms with Crippen LogP contribution >= 0.6 is 0 Å². The molecule has 1 fully saturated rings. The van der Waals surface area contributed by atoms with E-state index in [0.717, 1.165) is 24.2 Å². The minimum atomic E-state index is 0.0269. The maximum absolute atomic E-state index is 11.8. The van der Waals surface area contributed by atoms with Crippen LogP contribution in [0.1, 0.15) is 17.7 Å². The van der Waals surface area contributed by atoms with E-state index in [2.05, 4.69) is 4.98 Å². The fourth-order valence-corrected chi connectivity index (χ4v) is 2.44. The van der Waals surface area contributed by atoms with Gasteiger partial charge in [-0.1, -0.05) is 0 Å². The molecule has 0 bridgehead atoms. The molecule has 0 aliphatic carbocycles. The van der Waals surface area contributed by atoms with Crippen LogP contribution in [0.2, 0.25) is 0 Å². The molecule has 0 radical (unpaired) electrons. The van der Waals surface area contributed by atoms with Crippen molar-refractivity contribution >= 4 is 5.91 Å². The molecule has 2 rings (SSSR count). The lowest BCUT2D eigenvalue weighted by Gasteiger charge is -2.15. The molecule has 0 saturated carbocycles. The van der Waals surface area contributed by atoms with Crippen LogP contribution in [-0.4, -0.2) is 47.7 Å². The number of nitrogens with zero attached hydrogens (tertiary/aromatic N) is 2. The van der Waals surface area contributed by atoms with E-state index in [1.807, 2.05) is 11.0 Å². The van der Waals surface area contributed by atoms with Crippen molar-refractivity contribution in [2.75, 3.05) is 26.8 Å². The van der Waals surface area contributed by atoms with Crippen molar-refractivity contribution in [3.63, 3.8) is 0 Å². The minimum absolute atomic E-state index is 0.0269. The number of rotatable bonds is 6. The molecule has 1 saturated heterocycles. The number of carbonyl (C=O) groups is 1. The maximum atomic E-state index is 11.8. The summed E-state index contributed by atoms with van der Waals surface area (Å²) < 4.78 is 5.00. The Morgan fingerprint density at radius 2 is 2.42 bits per heavy atom. The number of methoxy groups -OCH3 is 1. The summed E-state index contributed by atoms with van der Waals surface area (Å²) in [5, 5.41) is 9.10. The number of hydrogen-bond donors (Lipinski definition) is 1. The van der Waals surface area contributed by atoms with Crippen LogP contribution in [-0.2, 0) is 22.6 Å². The summed E-state index contributed by atoms with van der Waals surface area (Å²) in [6, 6.07) is 3.70. The molecule has 5 heteroatoms. The van der Waals surface area contributed by atoms with Gasteiger partial charge in [0.2, 0.25) is 5.91 Å². The van der Waals surface area contributed by atoms with Gasteiger partial charge in [0.05, 0.1) is 13.2 Å². The smallest absolute Gasteiger partial charge is 0.223 e. The van der Waals surface area contributed by atoms with Crippen LogP contribution < -0.4 is 0 Å². The molecule has 1 aliphatic heterocycles. The number of aromatic nitrogens is 1. The van der Waals surface area contributed by atoms with Gasteiger partial charge in [0.15, 0.2) is 0 Å². The first-order chi connectivity index (χ1) is 9.22. The van der Waals surface area contributed by atoms with Crippen molar-refractivity contribution in [1.82, 2.24) is 9.88 Å². The zero-order valence-electron chi connectivity index (χ0n) is 11.2. The summed E-state index contributed by atoms with van der Waals surface area (Å²) in [4.78, 5) is 18.0. The molecule has 19 heavy (non-hydrogen) atoms. The lowest BCUT2D eigenvalue weighted by atomic mass is 10.0. The number of aliphatic hydroxyl groups is 1. The number of aliphatic hydroxyl groups excluding tert-OH is 1. The largest absolute Gasteiger partial charge is 0.392 e. The van der Waals surface area contributed by atoms with Gasteiger partial charge in [0.1, 0.15) is 0 Å². The quantitative estimate of drug-likeness (QED) is 0.818. The topological polar surface area (TPSA) is 62.7 Å². The van der Waals surface area contributed by atoms with E-state index in [0.29, 0.717) is 25.5 Å². The van der Waals surface area contributed by atoms with Gasteiger partial charge in [-0.05, 0) is 30.0 Å². The highest BCUT2D eigenvalue weighted by Gasteiger charge is 2.29. The molecule has 1 atom stereocenters. The third kappa shape index (κ3) is 3.75. The molecular weight excluding hydrogens is 244 g/mol. The number of carbonyl (C=O) groups excluding carboxylic acids is 1. The second kappa shape index (κ2) is 6.63. The molecule has 1 amide bonds. The first-order valence-corrected chi connectivity index (χ1v) is 6.54. The van der Waals surface area contributed by atoms with E-state index in [-0.39, 0.29) is 12.5 Å². The normalized spacial score (nSPS) is 19.2. The van der Waals surface area contributed by atoms with Crippen LogP contribution in [0.15, 0.2) is 18.3 Å². The predicted molar refractivity (Wildman–Crippen MR) is 70.4 cm³/mol. The van der Waals surface area contributed by atoms with Gasteiger partial charge in [-0.25, -0.2) is 0 Å². The predicted octanol–water partition coefficient (Wildman–Crippen LogP) is 0.611. The average Bonchev–Trinajstić information content (AvgIpc) is 2.76. The average molecular weight is 264 g/mol. The monoisotopic (exact) mass is 264 g/mol. The van der Waals surface area contributed by atoms with Crippen LogP contribution in [0.25, 0.3) is 0 Å². The molecule has 5 nitrogen and oxygen atoms in total. The van der Waals surface area contributed by atoms with E-state index in [1.54, 1.807) is 19.4 Å². The summed E-state index contributed by atoms with van der Waals surface area (Å²) in [5.41, 5.74) is 1.81. The molecule has 2 heterocycles. The Bertz CT molecular complexity index is 436. The Morgan fingerprint density at radius 3 is 3.16 bits per heavy atom. The fraction of sp³-hybridized carbons (Fsp3) is 0.571. The fourth-order valence-electron chi connectivity index (χ4n) is 2.44. The van der Waals surface area contributed by atoms with E-state index < -0.39 is 0 Å². The highest BCUT2D eigenvalue weighted by molar-refractivity contribution is 5.78. The number of pyridine rings is 1. The highest BCUT2D eigenvalue weighted by atomic mass is 16.5. The van der Waals surface area contributed by atoms with Crippen molar-refractivity contribution in [3.8, 4) is 0 Å². The van der Waals surface area contributed by atoms with Crippen LogP contribution in [0, 0.1) is 5.92 Å². The second-order valence-corrected chi connectivity index (χ2v) is 4.92. The standard InChI is InChI=1S/C14H20N2O3/c1-19-5-4-16-9-12(8-14(16)18)7-13-6-11(10-17)2-3-15-13/h2-3,6,12,17H,4-5,7-10H2,1H3/t12-/m0/s1. The van der Waals surface area contributed by atoms with Crippen LogP contribution in [0.3, 0.4) is 0 Å². The summed E-state index contributed by atoms with van der Waals surface area (Å²) in [7, 11) is 1.64. The van der Waals surface area contributed by atoms with Crippen molar-refractivity contribution in [2.24, 2.45) is 5.92 Å². The van der Waals surface area contributed by atoms with Crippen LogP contribution in [0.4, 0.5) is 0 Å². The van der Waals surface area contributed by atoms with Gasteiger partial charge >= 0.3 is 0 Å². The SMILES string of the molecule is COCCN1C[C@@H](Cc2cc(CO)ccn2)CC1=O. The van der Waals surface area contributed by atoms with E-state index >= 15 is 0 Å². The van der Waals surface area contributed by atoms with Gasteiger partial charge in [0, 0.05) is 38.5 Å². The number of ether oxygens (including phenoxy) is 1. The summed E-state index contributed by atoms with van der Waals surface area (Å²) in [5.74, 6) is 0.506. The highest BCUT2D eigenvalue weighted by Crippen LogP contribution is 2.21. The molecule has 104 valence electrons. The van der Waals surface area contributed by atoms with Crippen molar-refractivity contribution in [3.05, 3.63) is 29.6 Å².